The Bertz CT molecular complexity index is 598. The highest BCUT2D eigenvalue weighted by molar-refractivity contribution is 5.89. The summed E-state index contributed by atoms with van der Waals surface area (Å²) in [6, 6.07) is 5.60. The van der Waals surface area contributed by atoms with Crippen molar-refractivity contribution in [1.29, 1.82) is 0 Å². The van der Waals surface area contributed by atoms with Crippen molar-refractivity contribution in [3.8, 4) is 5.75 Å². The first kappa shape index (κ1) is 12.2. The van der Waals surface area contributed by atoms with Gasteiger partial charge in [0.05, 0.1) is 13.5 Å². The molecule has 4 heteroatoms. The summed E-state index contributed by atoms with van der Waals surface area (Å²) in [7, 11) is 1.59. The molecule has 0 aliphatic rings. The number of ether oxygens (including phenoxy) is 1. The van der Waals surface area contributed by atoms with Gasteiger partial charge in [-0.2, -0.15) is 0 Å². The fourth-order valence-electron chi connectivity index (χ4n) is 2.08. The number of allylic oxidation sites excluding steroid dienone is 1. The van der Waals surface area contributed by atoms with E-state index in [0.717, 1.165) is 27.9 Å². The molecule has 0 saturated carbocycles. The van der Waals surface area contributed by atoms with Gasteiger partial charge >= 0.3 is 5.97 Å². The van der Waals surface area contributed by atoms with Crippen LogP contribution in [0.15, 0.2) is 30.9 Å². The normalized spacial score (nSPS) is 10.5. The number of hydrogen-bond donors (Lipinski definition) is 2. The summed E-state index contributed by atoms with van der Waals surface area (Å²) in [6.07, 6.45) is 2.38. The van der Waals surface area contributed by atoms with E-state index in [9.17, 15) is 4.79 Å². The molecule has 0 fully saturated rings. The van der Waals surface area contributed by atoms with Crippen LogP contribution in [-0.2, 0) is 17.6 Å². The standard InChI is InChI=1S/C14H15NO3/c1-3-4-12-11(8-14(16)17)10-7-9(18-2)5-6-13(10)15-12/h3,5-7,15H,1,4,8H2,2H3,(H,16,17). The van der Waals surface area contributed by atoms with Crippen LogP contribution in [0.5, 0.6) is 5.75 Å². The van der Waals surface area contributed by atoms with E-state index in [1.54, 1.807) is 13.2 Å². The SMILES string of the molecule is C=CCc1[nH]c2ccc(OC)cc2c1CC(=O)O. The number of rotatable bonds is 5. The number of aliphatic carboxylic acids is 1. The summed E-state index contributed by atoms with van der Waals surface area (Å²) in [5.41, 5.74) is 2.62. The summed E-state index contributed by atoms with van der Waals surface area (Å²) in [6.45, 7) is 3.69. The molecule has 1 heterocycles. The van der Waals surface area contributed by atoms with Gasteiger partial charge in [0.15, 0.2) is 0 Å². The van der Waals surface area contributed by atoms with Crippen LogP contribution >= 0.6 is 0 Å². The van der Waals surface area contributed by atoms with Crippen LogP contribution in [0.1, 0.15) is 11.3 Å². The highest BCUT2D eigenvalue weighted by Gasteiger charge is 2.14. The maximum Gasteiger partial charge on any atom is 0.307 e. The van der Waals surface area contributed by atoms with Crippen LogP contribution in [0.4, 0.5) is 0 Å². The molecule has 0 atom stereocenters. The van der Waals surface area contributed by atoms with Crippen molar-refractivity contribution in [2.45, 2.75) is 12.8 Å². The first-order valence-electron chi connectivity index (χ1n) is 5.66. The minimum atomic E-state index is -0.843. The molecule has 2 aromatic rings. The molecule has 0 aliphatic heterocycles. The largest absolute Gasteiger partial charge is 0.497 e. The number of fused-ring (bicyclic) bond motifs is 1. The van der Waals surface area contributed by atoms with Crippen molar-refractivity contribution >= 4 is 16.9 Å². The van der Waals surface area contributed by atoms with Gasteiger partial charge in [0.1, 0.15) is 5.75 Å². The van der Waals surface area contributed by atoms with E-state index >= 15 is 0 Å². The molecular weight excluding hydrogens is 230 g/mol. The summed E-state index contributed by atoms with van der Waals surface area (Å²) >= 11 is 0. The van der Waals surface area contributed by atoms with Gasteiger partial charge in [-0.25, -0.2) is 0 Å². The van der Waals surface area contributed by atoms with Gasteiger partial charge in [-0.3, -0.25) is 4.79 Å². The van der Waals surface area contributed by atoms with Crippen molar-refractivity contribution in [3.05, 3.63) is 42.1 Å². The molecule has 1 aromatic carbocycles. The summed E-state index contributed by atoms with van der Waals surface area (Å²) in [5, 5.41) is 9.89. The fourth-order valence-corrected chi connectivity index (χ4v) is 2.08. The minimum absolute atomic E-state index is 0.00363. The Labute approximate surface area is 105 Å². The van der Waals surface area contributed by atoms with Crippen LogP contribution < -0.4 is 4.74 Å². The Morgan fingerprint density at radius 2 is 2.33 bits per heavy atom. The van der Waals surface area contributed by atoms with Crippen molar-refractivity contribution in [3.63, 3.8) is 0 Å². The lowest BCUT2D eigenvalue weighted by molar-refractivity contribution is -0.136. The number of aromatic amines is 1. The quantitative estimate of drug-likeness (QED) is 0.796. The van der Waals surface area contributed by atoms with E-state index in [4.69, 9.17) is 9.84 Å². The Kier molecular flexibility index (Phi) is 3.37. The number of carboxylic acid groups (broad SMARTS) is 1. The smallest absolute Gasteiger partial charge is 0.307 e. The molecule has 0 unspecified atom stereocenters. The fraction of sp³-hybridized carbons (Fsp3) is 0.214. The van der Waals surface area contributed by atoms with Gasteiger partial charge in [-0.05, 0) is 23.8 Å². The molecule has 1 aromatic heterocycles. The number of benzene rings is 1. The topological polar surface area (TPSA) is 62.3 Å². The molecule has 2 rings (SSSR count). The number of carbonyl (C=O) groups is 1. The first-order chi connectivity index (χ1) is 8.65. The van der Waals surface area contributed by atoms with E-state index < -0.39 is 5.97 Å². The molecule has 4 nitrogen and oxygen atoms in total. The number of carboxylic acids is 1. The molecule has 94 valence electrons. The second kappa shape index (κ2) is 4.96. The number of nitrogens with one attached hydrogen (secondary N) is 1. The van der Waals surface area contributed by atoms with Crippen LogP contribution in [0.3, 0.4) is 0 Å². The summed E-state index contributed by atoms with van der Waals surface area (Å²) < 4.78 is 5.17. The molecule has 0 bridgehead atoms. The Balaban J connectivity index is 2.61. The van der Waals surface area contributed by atoms with Crippen LogP contribution in [-0.4, -0.2) is 23.2 Å². The first-order valence-corrected chi connectivity index (χ1v) is 5.66. The van der Waals surface area contributed by atoms with Crippen molar-refractivity contribution < 1.29 is 14.6 Å². The number of aromatic nitrogens is 1. The summed E-state index contributed by atoms with van der Waals surface area (Å²) in [4.78, 5) is 14.2. The third-order valence-corrected chi connectivity index (χ3v) is 2.88. The van der Waals surface area contributed by atoms with Gasteiger partial charge < -0.3 is 14.8 Å². The van der Waals surface area contributed by atoms with E-state index in [1.165, 1.54) is 0 Å². The minimum Gasteiger partial charge on any atom is -0.497 e. The lowest BCUT2D eigenvalue weighted by Gasteiger charge is -2.01. The zero-order valence-corrected chi connectivity index (χ0v) is 10.2. The predicted octanol–water partition coefficient (Wildman–Crippen LogP) is 2.53. The second-order valence-corrected chi connectivity index (χ2v) is 4.06. The Morgan fingerprint density at radius 3 is 2.94 bits per heavy atom. The second-order valence-electron chi connectivity index (χ2n) is 4.06. The zero-order valence-electron chi connectivity index (χ0n) is 10.2. The van der Waals surface area contributed by atoms with Gasteiger partial charge in [0.2, 0.25) is 0 Å². The number of hydrogen-bond acceptors (Lipinski definition) is 2. The maximum atomic E-state index is 11.0. The van der Waals surface area contributed by atoms with Gasteiger partial charge in [-0.1, -0.05) is 6.08 Å². The number of H-pyrrole nitrogens is 1. The maximum absolute atomic E-state index is 11.0. The third-order valence-electron chi connectivity index (χ3n) is 2.88. The molecule has 0 amide bonds. The molecule has 2 N–H and O–H groups in total. The average Bonchev–Trinajstić information content (AvgIpc) is 2.67. The molecule has 0 radical (unpaired) electrons. The Hall–Kier alpha value is -2.23. The third kappa shape index (κ3) is 2.22. The van der Waals surface area contributed by atoms with Crippen molar-refractivity contribution in [2.24, 2.45) is 0 Å². The lowest BCUT2D eigenvalue weighted by atomic mass is 10.1. The van der Waals surface area contributed by atoms with Crippen molar-refractivity contribution in [2.75, 3.05) is 7.11 Å². The monoisotopic (exact) mass is 245 g/mol. The molecule has 0 saturated heterocycles. The van der Waals surface area contributed by atoms with Crippen molar-refractivity contribution in [1.82, 2.24) is 4.98 Å². The Morgan fingerprint density at radius 1 is 1.56 bits per heavy atom. The van der Waals surface area contributed by atoms with Crippen LogP contribution in [0.25, 0.3) is 10.9 Å². The van der Waals surface area contributed by atoms with Gasteiger partial charge in [0.25, 0.3) is 0 Å². The lowest BCUT2D eigenvalue weighted by Crippen LogP contribution is -2.02. The van der Waals surface area contributed by atoms with Gasteiger partial charge in [0, 0.05) is 23.0 Å². The zero-order chi connectivity index (χ0) is 13.1. The van der Waals surface area contributed by atoms with Crippen LogP contribution in [0.2, 0.25) is 0 Å². The van der Waals surface area contributed by atoms with E-state index in [2.05, 4.69) is 11.6 Å². The molecular formula is C14H15NO3. The molecule has 0 spiro atoms. The summed E-state index contributed by atoms with van der Waals surface area (Å²) in [5.74, 6) is -0.123. The van der Waals surface area contributed by atoms with Crippen LogP contribution in [0, 0.1) is 0 Å². The van der Waals surface area contributed by atoms with E-state index in [0.29, 0.717) is 6.42 Å². The predicted molar refractivity (Wildman–Crippen MR) is 70.1 cm³/mol. The molecule has 0 aliphatic carbocycles. The van der Waals surface area contributed by atoms with E-state index in [1.807, 2.05) is 18.2 Å². The highest BCUT2D eigenvalue weighted by Crippen LogP contribution is 2.27. The average molecular weight is 245 g/mol. The number of methoxy groups -OCH3 is 1. The molecule has 18 heavy (non-hydrogen) atoms. The van der Waals surface area contributed by atoms with Gasteiger partial charge in [-0.15, -0.1) is 6.58 Å². The van der Waals surface area contributed by atoms with E-state index in [-0.39, 0.29) is 6.42 Å². The highest BCUT2D eigenvalue weighted by atomic mass is 16.5.